The number of morpholine rings is 1. The van der Waals surface area contributed by atoms with E-state index in [0.29, 0.717) is 31.9 Å². The monoisotopic (exact) mass is 475 g/mol. The van der Waals surface area contributed by atoms with Gasteiger partial charge in [0.25, 0.3) is 5.91 Å². The molecule has 2 aliphatic rings. The molecule has 1 N–H and O–H groups in total. The largest absolute Gasteiger partial charge is 0.469 e. The van der Waals surface area contributed by atoms with Crippen LogP contribution in [0.2, 0.25) is 0 Å². The van der Waals surface area contributed by atoms with Crippen LogP contribution in [0.25, 0.3) is 0 Å². The molecule has 8 nitrogen and oxygen atoms in total. The highest BCUT2D eigenvalue weighted by Crippen LogP contribution is 2.29. The summed E-state index contributed by atoms with van der Waals surface area (Å²) in [6.45, 7) is 5.09. The number of hydrogen-bond donors (Lipinski definition) is 1. The molecule has 9 heteroatoms. The molecule has 2 fully saturated rings. The van der Waals surface area contributed by atoms with E-state index in [4.69, 9.17) is 9.15 Å². The zero-order valence-corrected chi connectivity index (χ0v) is 20.0. The molecule has 0 radical (unpaired) electrons. The van der Waals surface area contributed by atoms with Gasteiger partial charge in [0.05, 0.1) is 29.9 Å². The molecule has 1 amide bonds. The van der Waals surface area contributed by atoms with E-state index in [1.54, 1.807) is 24.5 Å². The molecule has 0 saturated carbocycles. The number of benzene rings is 1. The molecule has 1 unspecified atom stereocenters. The van der Waals surface area contributed by atoms with Crippen molar-refractivity contribution < 1.29 is 22.4 Å². The maximum atomic E-state index is 13.3. The summed E-state index contributed by atoms with van der Waals surface area (Å²) in [5.74, 6) is 0.630. The van der Waals surface area contributed by atoms with Crippen LogP contribution in [-0.2, 0) is 21.2 Å². The van der Waals surface area contributed by atoms with Crippen LogP contribution in [0, 0.1) is 0 Å². The third-order valence-electron chi connectivity index (χ3n) is 6.30. The second-order valence-electron chi connectivity index (χ2n) is 8.74. The number of carbonyl (C=O) groups excluding carboxylic acids is 1. The summed E-state index contributed by atoms with van der Waals surface area (Å²) < 4.78 is 38.6. The average Bonchev–Trinajstić information content (AvgIpc) is 3.37. The molecule has 0 spiro atoms. The Hall–Kier alpha value is -2.36. The second-order valence-corrected chi connectivity index (χ2v) is 10.7. The molecule has 2 saturated heterocycles. The molecular weight excluding hydrogens is 442 g/mol. The van der Waals surface area contributed by atoms with Gasteiger partial charge in [0.2, 0.25) is 10.0 Å². The molecule has 0 bridgehead atoms. The summed E-state index contributed by atoms with van der Waals surface area (Å²) >= 11 is 0. The number of carbonyl (C=O) groups is 1. The van der Waals surface area contributed by atoms with E-state index in [-0.39, 0.29) is 16.8 Å². The highest BCUT2D eigenvalue weighted by molar-refractivity contribution is 7.89. The van der Waals surface area contributed by atoms with E-state index in [2.05, 4.69) is 10.2 Å². The topological polar surface area (TPSA) is 92.1 Å². The number of piperidine rings is 1. The number of anilines is 1. The third-order valence-corrected chi connectivity index (χ3v) is 8.19. The minimum atomic E-state index is -3.69. The Kier molecular flexibility index (Phi) is 7.72. The lowest BCUT2D eigenvalue weighted by Crippen LogP contribution is -2.41. The first-order chi connectivity index (χ1) is 15.9. The molecule has 33 heavy (non-hydrogen) atoms. The minimum absolute atomic E-state index is 0.0867. The van der Waals surface area contributed by atoms with Gasteiger partial charge in [-0.3, -0.25) is 4.79 Å². The van der Waals surface area contributed by atoms with Gasteiger partial charge in [-0.15, -0.1) is 0 Å². The Morgan fingerprint density at radius 1 is 1.09 bits per heavy atom. The fraction of sp³-hybridized carbons (Fsp3) is 0.542. The zero-order chi connectivity index (χ0) is 23.3. The van der Waals surface area contributed by atoms with Gasteiger partial charge in [-0.05, 0) is 62.9 Å². The van der Waals surface area contributed by atoms with Crippen LogP contribution in [0.3, 0.4) is 0 Å². The molecule has 2 aromatic rings. The van der Waals surface area contributed by atoms with Crippen LogP contribution >= 0.6 is 0 Å². The van der Waals surface area contributed by atoms with E-state index >= 15 is 0 Å². The molecular formula is C24H33N3O5S. The quantitative estimate of drug-likeness (QED) is 0.631. The number of amides is 1. The Morgan fingerprint density at radius 3 is 2.55 bits per heavy atom. The Balaban J connectivity index is 1.57. The van der Waals surface area contributed by atoms with Gasteiger partial charge in [-0.1, -0.05) is 0 Å². The predicted octanol–water partition coefficient (Wildman–Crippen LogP) is 3.04. The first-order valence-electron chi connectivity index (χ1n) is 11.8. The number of aryl methyl sites for hydroxylation is 1. The first kappa shape index (κ1) is 23.8. The van der Waals surface area contributed by atoms with Gasteiger partial charge in [-0.25, -0.2) is 8.42 Å². The van der Waals surface area contributed by atoms with Crippen molar-refractivity contribution in [3.05, 3.63) is 47.9 Å². The number of nitrogens with one attached hydrogen (secondary N) is 1. The third kappa shape index (κ3) is 5.77. The van der Waals surface area contributed by atoms with E-state index in [9.17, 15) is 13.2 Å². The van der Waals surface area contributed by atoms with Gasteiger partial charge in [-0.2, -0.15) is 4.31 Å². The van der Waals surface area contributed by atoms with Crippen molar-refractivity contribution in [2.45, 2.75) is 50.0 Å². The molecule has 1 aromatic carbocycles. The number of nitrogens with zero attached hydrogens (tertiary/aromatic N) is 2. The van der Waals surface area contributed by atoms with Crippen molar-refractivity contribution in [3.63, 3.8) is 0 Å². The summed E-state index contributed by atoms with van der Waals surface area (Å²) in [4.78, 5) is 15.7. The van der Waals surface area contributed by atoms with Crippen molar-refractivity contribution in [1.29, 1.82) is 0 Å². The van der Waals surface area contributed by atoms with Crippen LogP contribution in [0.1, 0.15) is 48.7 Å². The average molecular weight is 476 g/mol. The predicted molar refractivity (Wildman–Crippen MR) is 126 cm³/mol. The molecule has 180 valence electrons. The normalized spacial score (nSPS) is 18.8. The maximum absolute atomic E-state index is 13.3. The molecule has 2 aliphatic heterocycles. The highest BCUT2D eigenvalue weighted by atomic mass is 32.2. The highest BCUT2D eigenvalue weighted by Gasteiger charge is 2.29. The Bertz CT molecular complexity index is 1030. The van der Waals surface area contributed by atoms with E-state index in [1.807, 2.05) is 19.1 Å². The first-order valence-corrected chi connectivity index (χ1v) is 13.2. The summed E-state index contributed by atoms with van der Waals surface area (Å²) in [7, 11) is -3.69. The number of hydrogen-bond acceptors (Lipinski definition) is 6. The fourth-order valence-electron chi connectivity index (χ4n) is 4.39. The van der Waals surface area contributed by atoms with Crippen molar-refractivity contribution in [2.75, 3.05) is 44.3 Å². The van der Waals surface area contributed by atoms with Crippen LogP contribution in [0.15, 0.2) is 45.9 Å². The lowest BCUT2D eigenvalue weighted by molar-refractivity contribution is 0.0730. The Labute approximate surface area is 195 Å². The SMILES string of the molecule is CC(CCc1ccco1)NC(=O)c1cc(S(=O)(=O)N2CCOCC2)ccc1N1CCCCC1. The van der Waals surface area contributed by atoms with Gasteiger partial charge in [0.1, 0.15) is 5.76 Å². The number of sulfonamides is 1. The maximum Gasteiger partial charge on any atom is 0.253 e. The van der Waals surface area contributed by atoms with Crippen molar-refractivity contribution in [2.24, 2.45) is 0 Å². The van der Waals surface area contributed by atoms with Crippen molar-refractivity contribution in [1.82, 2.24) is 9.62 Å². The van der Waals surface area contributed by atoms with E-state index in [1.165, 1.54) is 10.7 Å². The van der Waals surface area contributed by atoms with Gasteiger partial charge < -0.3 is 19.4 Å². The van der Waals surface area contributed by atoms with Crippen LogP contribution in [-0.4, -0.2) is 64.1 Å². The van der Waals surface area contributed by atoms with E-state index < -0.39 is 10.0 Å². The minimum Gasteiger partial charge on any atom is -0.469 e. The number of furan rings is 1. The van der Waals surface area contributed by atoms with Crippen LogP contribution in [0.4, 0.5) is 5.69 Å². The summed E-state index contributed by atoms with van der Waals surface area (Å²) in [6, 6.07) is 8.65. The summed E-state index contributed by atoms with van der Waals surface area (Å²) in [6.07, 6.45) is 6.39. The molecule has 1 aromatic heterocycles. The molecule has 0 aliphatic carbocycles. The van der Waals surface area contributed by atoms with Crippen molar-refractivity contribution in [3.8, 4) is 0 Å². The molecule has 3 heterocycles. The van der Waals surface area contributed by atoms with Crippen LogP contribution < -0.4 is 10.2 Å². The number of rotatable bonds is 8. The fourth-order valence-corrected chi connectivity index (χ4v) is 5.83. The van der Waals surface area contributed by atoms with Crippen LogP contribution in [0.5, 0.6) is 0 Å². The van der Waals surface area contributed by atoms with E-state index in [0.717, 1.165) is 50.2 Å². The lowest BCUT2D eigenvalue weighted by atomic mass is 10.1. The standard InChI is InChI=1S/C24H33N3O5S/c1-19(7-8-20-6-5-15-32-20)25-24(28)22-18-21(33(29,30)27-13-16-31-17-14-27)9-10-23(22)26-11-3-2-4-12-26/h5-6,9-10,15,18-19H,2-4,7-8,11-14,16-17H2,1H3,(H,25,28). The zero-order valence-electron chi connectivity index (χ0n) is 19.2. The van der Waals surface area contributed by atoms with Crippen molar-refractivity contribution >= 4 is 21.6 Å². The smallest absolute Gasteiger partial charge is 0.253 e. The Morgan fingerprint density at radius 2 is 1.85 bits per heavy atom. The summed E-state index contributed by atoms with van der Waals surface area (Å²) in [5, 5.41) is 3.06. The molecule has 1 atom stereocenters. The van der Waals surface area contributed by atoms with Gasteiger partial charge in [0.15, 0.2) is 0 Å². The van der Waals surface area contributed by atoms with Gasteiger partial charge >= 0.3 is 0 Å². The lowest BCUT2D eigenvalue weighted by Gasteiger charge is -2.31. The van der Waals surface area contributed by atoms with Gasteiger partial charge in [0, 0.05) is 44.3 Å². The summed E-state index contributed by atoms with van der Waals surface area (Å²) in [5.41, 5.74) is 1.21. The number of ether oxygens (including phenoxy) is 1. The molecule has 4 rings (SSSR count). The second kappa shape index (κ2) is 10.7.